The molecule has 0 amide bonds. The molecule has 0 aliphatic heterocycles. The first-order chi connectivity index (χ1) is 5.56. The largest absolute Gasteiger partial charge is 0.371 e. The van der Waals surface area contributed by atoms with Crippen molar-refractivity contribution in [2.45, 2.75) is 46.2 Å². The highest BCUT2D eigenvalue weighted by molar-refractivity contribution is 5.83. The summed E-state index contributed by atoms with van der Waals surface area (Å²) in [5.41, 5.74) is 0. The molecule has 0 aliphatic rings. The van der Waals surface area contributed by atoms with Gasteiger partial charge in [0.15, 0.2) is 0 Å². The van der Waals surface area contributed by atoms with Crippen LogP contribution in [0.25, 0.3) is 0 Å². The number of hydrogen-bond donors (Lipinski definition) is 1. The maximum absolute atomic E-state index is 4.44. The molecule has 0 unspecified atom stereocenters. The van der Waals surface area contributed by atoms with Crippen molar-refractivity contribution in [3.8, 4) is 0 Å². The Morgan fingerprint density at radius 1 is 1.42 bits per heavy atom. The Morgan fingerprint density at radius 3 is 2.33 bits per heavy atom. The summed E-state index contributed by atoms with van der Waals surface area (Å²) >= 11 is 0. The van der Waals surface area contributed by atoms with Gasteiger partial charge in [0, 0.05) is 18.5 Å². The second-order valence-corrected chi connectivity index (χ2v) is 3.46. The Morgan fingerprint density at radius 2 is 2.00 bits per heavy atom. The Kier molecular flexibility index (Phi) is 5.43. The minimum absolute atomic E-state index is 0.353. The summed E-state index contributed by atoms with van der Waals surface area (Å²) < 4.78 is 0. The van der Waals surface area contributed by atoms with E-state index in [0.717, 1.165) is 12.3 Å². The van der Waals surface area contributed by atoms with Gasteiger partial charge in [0.25, 0.3) is 0 Å². The van der Waals surface area contributed by atoms with Gasteiger partial charge in [0.05, 0.1) is 0 Å². The van der Waals surface area contributed by atoms with Crippen LogP contribution in [0.4, 0.5) is 0 Å². The SMILES string of the molecule is C=CCC(=NC(C)C)NC(C)C. The molecule has 0 aromatic heterocycles. The van der Waals surface area contributed by atoms with E-state index in [1.165, 1.54) is 0 Å². The average molecular weight is 168 g/mol. The molecule has 0 fully saturated rings. The zero-order valence-corrected chi connectivity index (χ0v) is 8.59. The lowest BCUT2D eigenvalue weighted by molar-refractivity contribution is 0.711. The molecule has 0 spiro atoms. The van der Waals surface area contributed by atoms with Gasteiger partial charge < -0.3 is 5.32 Å². The van der Waals surface area contributed by atoms with Crippen LogP contribution in [-0.2, 0) is 0 Å². The van der Waals surface area contributed by atoms with Crippen LogP contribution < -0.4 is 5.32 Å². The predicted octanol–water partition coefficient (Wildman–Crippen LogP) is 2.37. The fourth-order valence-electron chi connectivity index (χ4n) is 0.931. The van der Waals surface area contributed by atoms with Crippen molar-refractivity contribution in [1.82, 2.24) is 5.32 Å². The van der Waals surface area contributed by atoms with E-state index in [1.807, 2.05) is 6.08 Å². The fraction of sp³-hybridized carbons (Fsp3) is 0.700. The van der Waals surface area contributed by atoms with Crippen LogP contribution >= 0.6 is 0 Å². The molecule has 0 heterocycles. The standard InChI is InChI=1S/C10H20N2/c1-6-7-10(11-8(2)3)12-9(4)5/h6,8-9H,1,7H2,2-5H3,(H,11,12). The zero-order valence-electron chi connectivity index (χ0n) is 8.59. The third-order valence-electron chi connectivity index (χ3n) is 1.21. The van der Waals surface area contributed by atoms with Gasteiger partial charge in [-0.2, -0.15) is 0 Å². The Balaban J connectivity index is 4.11. The zero-order chi connectivity index (χ0) is 9.56. The molecule has 70 valence electrons. The lowest BCUT2D eigenvalue weighted by atomic mass is 10.3. The molecule has 0 aliphatic carbocycles. The van der Waals surface area contributed by atoms with Crippen molar-refractivity contribution in [3.63, 3.8) is 0 Å². The summed E-state index contributed by atoms with van der Waals surface area (Å²) in [5.74, 6) is 1.04. The number of aliphatic imine (C=N–C) groups is 1. The topological polar surface area (TPSA) is 24.4 Å². The van der Waals surface area contributed by atoms with Crippen LogP contribution in [0.3, 0.4) is 0 Å². The van der Waals surface area contributed by atoms with Crippen molar-refractivity contribution in [3.05, 3.63) is 12.7 Å². The molecule has 0 atom stereocenters. The monoisotopic (exact) mass is 168 g/mol. The van der Waals surface area contributed by atoms with Gasteiger partial charge in [-0.25, -0.2) is 0 Å². The molecule has 0 aromatic carbocycles. The van der Waals surface area contributed by atoms with Crippen LogP contribution in [0, 0.1) is 0 Å². The molecule has 0 saturated heterocycles. The van der Waals surface area contributed by atoms with Gasteiger partial charge in [0.1, 0.15) is 5.84 Å². The van der Waals surface area contributed by atoms with Crippen LogP contribution in [0.1, 0.15) is 34.1 Å². The summed E-state index contributed by atoms with van der Waals surface area (Å²) in [5, 5.41) is 3.29. The maximum atomic E-state index is 4.44. The minimum Gasteiger partial charge on any atom is -0.371 e. The number of hydrogen-bond acceptors (Lipinski definition) is 1. The Hall–Kier alpha value is -0.790. The summed E-state index contributed by atoms with van der Waals surface area (Å²) in [6, 6.07) is 0.800. The first kappa shape index (κ1) is 11.2. The van der Waals surface area contributed by atoms with Crippen molar-refractivity contribution >= 4 is 5.84 Å². The number of rotatable bonds is 4. The molecule has 2 nitrogen and oxygen atoms in total. The molecule has 0 radical (unpaired) electrons. The van der Waals surface area contributed by atoms with Crippen LogP contribution in [0.5, 0.6) is 0 Å². The highest BCUT2D eigenvalue weighted by Gasteiger charge is 1.99. The Labute approximate surface area is 75.8 Å². The first-order valence-corrected chi connectivity index (χ1v) is 4.50. The highest BCUT2D eigenvalue weighted by atomic mass is 15.0. The quantitative estimate of drug-likeness (QED) is 0.389. The van der Waals surface area contributed by atoms with Gasteiger partial charge in [-0.15, -0.1) is 6.58 Å². The molecule has 1 N–H and O–H groups in total. The summed E-state index contributed by atoms with van der Waals surface area (Å²) in [7, 11) is 0. The third kappa shape index (κ3) is 5.96. The number of amidine groups is 1. The van der Waals surface area contributed by atoms with Gasteiger partial charge in [-0.1, -0.05) is 6.08 Å². The van der Waals surface area contributed by atoms with E-state index in [4.69, 9.17) is 0 Å². The van der Waals surface area contributed by atoms with E-state index in [0.29, 0.717) is 12.1 Å². The molecule has 0 bridgehead atoms. The second kappa shape index (κ2) is 5.81. The van der Waals surface area contributed by atoms with Crippen molar-refractivity contribution in [2.24, 2.45) is 4.99 Å². The van der Waals surface area contributed by atoms with Gasteiger partial charge in [-0.3, -0.25) is 4.99 Å². The van der Waals surface area contributed by atoms with Crippen LogP contribution in [0.2, 0.25) is 0 Å². The smallest absolute Gasteiger partial charge is 0.101 e. The van der Waals surface area contributed by atoms with Crippen molar-refractivity contribution < 1.29 is 0 Å². The molecular weight excluding hydrogens is 148 g/mol. The first-order valence-electron chi connectivity index (χ1n) is 4.50. The lowest BCUT2D eigenvalue weighted by Crippen LogP contribution is -2.30. The summed E-state index contributed by atoms with van der Waals surface area (Å²) in [6.45, 7) is 12.1. The van der Waals surface area contributed by atoms with E-state index in [-0.39, 0.29) is 0 Å². The second-order valence-electron chi connectivity index (χ2n) is 3.46. The average Bonchev–Trinajstić information content (AvgIpc) is 1.84. The molecule has 0 aromatic rings. The molecule has 12 heavy (non-hydrogen) atoms. The summed E-state index contributed by atoms with van der Waals surface area (Å²) in [6.07, 6.45) is 2.70. The van der Waals surface area contributed by atoms with E-state index in [9.17, 15) is 0 Å². The van der Waals surface area contributed by atoms with E-state index >= 15 is 0 Å². The van der Waals surface area contributed by atoms with E-state index < -0.39 is 0 Å². The highest BCUT2D eigenvalue weighted by Crippen LogP contribution is 1.93. The van der Waals surface area contributed by atoms with Crippen molar-refractivity contribution in [1.29, 1.82) is 0 Å². The van der Waals surface area contributed by atoms with Gasteiger partial charge in [-0.05, 0) is 27.7 Å². The molecule has 0 saturated carbocycles. The van der Waals surface area contributed by atoms with Crippen molar-refractivity contribution in [2.75, 3.05) is 0 Å². The Bertz CT molecular complexity index is 157. The predicted molar refractivity (Wildman–Crippen MR) is 55.7 cm³/mol. The third-order valence-corrected chi connectivity index (χ3v) is 1.21. The summed E-state index contributed by atoms with van der Waals surface area (Å²) in [4.78, 5) is 4.44. The van der Waals surface area contributed by atoms with E-state index in [2.05, 4.69) is 44.6 Å². The molecule has 2 heteroatoms. The van der Waals surface area contributed by atoms with Gasteiger partial charge >= 0.3 is 0 Å². The number of nitrogens with zero attached hydrogens (tertiary/aromatic N) is 1. The molecular formula is C10H20N2. The molecule has 0 rings (SSSR count). The minimum atomic E-state index is 0.353. The normalized spacial score (nSPS) is 12.3. The maximum Gasteiger partial charge on any atom is 0.101 e. The fourth-order valence-corrected chi connectivity index (χ4v) is 0.931. The number of nitrogens with one attached hydrogen (secondary N) is 1. The van der Waals surface area contributed by atoms with Crippen LogP contribution in [0.15, 0.2) is 17.6 Å². The van der Waals surface area contributed by atoms with Crippen LogP contribution in [-0.4, -0.2) is 17.9 Å². The lowest BCUT2D eigenvalue weighted by Gasteiger charge is -2.12. The van der Waals surface area contributed by atoms with E-state index in [1.54, 1.807) is 0 Å². The van der Waals surface area contributed by atoms with Gasteiger partial charge in [0.2, 0.25) is 0 Å².